The molecule has 40 heavy (non-hydrogen) atoms. The molecular weight excluding hydrogens is 535 g/mol. The van der Waals surface area contributed by atoms with Crippen LogP contribution in [0.1, 0.15) is 59.9 Å². The second-order valence-electron chi connectivity index (χ2n) is 11.4. The quantitative estimate of drug-likeness (QED) is 0.417. The summed E-state index contributed by atoms with van der Waals surface area (Å²) in [5.74, 6) is -1.16. The first-order valence-corrected chi connectivity index (χ1v) is 13.7. The van der Waals surface area contributed by atoms with Crippen molar-refractivity contribution in [3.05, 3.63) is 81.4 Å². The number of hydrogen-bond donors (Lipinski definition) is 0. The van der Waals surface area contributed by atoms with E-state index in [0.29, 0.717) is 36.6 Å². The number of aromatic nitrogens is 2. The fourth-order valence-electron chi connectivity index (χ4n) is 5.10. The molecule has 1 saturated heterocycles. The van der Waals surface area contributed by atoms with Gasteiger partial charge in [-0.05, 0) is 68.7 Å². The molecule has 3 heterocycles. The Labute approximate surface area is 237 Å². The van der Waals surface area contributed by atoms with Crippen LogP contribution in [0, 0.1) is 11.7 Å². The molecule has 2 aromatic carbocycles. The lowest BCUT2D eigenvalue weighted by molar-refractivity contribution is -0.127. The van der Waals surface area contributed by atoms with E-state index < -0.39 is 17.5 Å². The molecule has 1 fully saturated rings. The van der Waals surface area contributed by atoms with Crippen LogP contribution >= 0.6 is 11.6 Å². The number of benzene rings is 2. The molecule has 0 bridgehead atoms. The highest BCUT2D eigenvalue weighted by Crippen LogP contribution is 2.33. The second kappa shape index (κ2) is 10.7. The van der Waals surface area contributed by atoms with Gasteiger partial charge in [0.05, 0.1) is 18.7 Å². The number of anilines is 1. The van der Waals surface area contributed by atoms with Gasteiger partial charge in [-0.1, -0.05) is 17.7 Å². The Kier molecular flexibility index (Phi) is 7.44. The summed E-state index contributed by atoms with van der Waals surface area (Å²) >= 11 is 6.26. The van der Waals surface area contributed by atoms with Gasteiger partial charge in [0.15, 0.2) is 0 Å². The lowest BCUT2D eigenvalue weighted by Crippen LogP contribution is -2.54. The number of ether oxygens (including phenoxy) is 1. The van der Waals surface area contributed by atoms with E-state index in [0.717, 1.165) is 22.5 Å². The highest BCUT2D eigenvalue weighted by molar-refractivity contribution is 6.30. The molecular formula is C30H32ClFN4O4. The Bertz CT molecular complexity index is 1490. The monoisotopic (exact) mass is 566 g/mol. The zero-order chi connectivity index (χ0) is 28.8. The molecule has 2 aliphatic rings. The van der Waals surface area contributed by atoms with Crippen LogP contribution < -0.4 is 4.90 Å². The number of carbonyl (C=O) groups is 3. The molecule has 2 aliphatic heterocycles. The molecule has 0 atom stereocenters. The minimum atomic E-state index is -0.594. The van der Waals surface area contributed by atoms with Gasteiger partial charge in [-0.15, -0.1) is 0 Å². The fourth-order valence-corrected chi connectivity index (χ4v) is 5.30. The van der Waals surface area contributed by atoms with Gasteiger partial charge in [0.25, 0.3) is 5.91 Å². The van der Waals surface area contributed by atoms with Crippen molar-refractivity contribution in [2.45, 2.75) is 52.2 Å². The van der Waals surface area contributed by atoms with Gasteiger partial charge >= 0.3 is 6.09 Å². The predicted molar refractivity (Wildman–Crippen MR) is 149 cm³/mol. The Morgan fingerprint density at radius 2 is 1.85 bits per heavy atom. The lowest BCUT2D eigenvalue weighted by atomic mass is 9.91. The molecule has 8 nitrogen and oxygen atoms in total. The van der Waals surface area contributed by atoms with Crippen molar-refractivity contribution in [2.24, 2.45) is 13.0 Å². The van der Waals surface area contributed by atoms with Crippen molar-refractivity contribution in [1.29, 1.82) is 0 Å². The summed E-state index contributed by atoms with van der Waals surface area (Å²) in [5.41, 5.74) is 3.51. The van der Waals surface area contributed by atoms with Crippen molar-refractivity contribution in [1.82, 2.24) is 14.7 Å². The summed E-state index contributed by atoms with van der Waals surface area (Å²) in [6.45, 7) is 6.30. The van der Waals surface area contributed by atoms with E-state index in [1.807, 2.05) is 19.2 Å². The second-order valence-corrected chi connectivity index (χ2v) is 11.9. The number of nitrogens with zero attached hydrogens (tertiary/aromatic N) is 4. The van der Waals surface area contributed by atoms with Crippen LogP contribution in [0.5, 0.6) is 0 Å². The van der Waals surface area contributed by atoms with Crippen molar-refractivity contribution < 1.29 is 23.5 Å². The van der Waals surface area contributed by atoms with Crippen LogP contribution in [0.15, 0.2) is 42.6 Å². The van der Waals surface area contributed by atoms with Crippen molar-refractivity contribution in [3.63, 3.8) is 0 Å². The lowest BCUT2D eigenvalue weighted by Gasteiger charge is -2.38. The van der Waals surface area contributed by atoms with Crippen LogP contribution in [0.2, 0.25) is 5.02 Å². The first-order chi connectivity index (χ1) is 18.9. The van der Waals surface area contributed by atoms with Crippen LogP contribution in [-0.2, 0) is 36.0 Å². The summed E-state index contributed by atoms with van der Waals surface area (Å²) in [4.78, 5) is 41.5. The number of aryl methyl sites for hydroxylation is 2. The molecule has 10 heteroatoms. The maximum atomic E-state index is 15.1. The average Bonchev–Trinajstić information content (AvgIpc) is 3.09. The van der Waals surface area contributed by atoms with Crippen molar-refractivity contribution >= 4 is 35.1 Å². The first kappa shape index (κ1) is 27.8. The third-order valence-corrected chi connectivity index (χ3v) is 7.58. The van der Waals surface area contributed by atoms with Crippen molar-refractivity contribution in [3.8, 4) is 0 Å². The smallest absolute Gasteiger partial charge is 0.410 e. The number of halogens is 2. The summed E-state index contributed by atoms with van der Waals surface area (Å²) in [6, 6.07) is 9.80. The summed E-state index contributed by atoms with van der Waals surface area (Å²) < 4.78 is 22.3. The zero-order valence-corrected chi connectivity index (χ0v) is 23.8. The Hall–Kier alpha value is -3.72. The fraction of sp³-hybridized carbons (Fsp3) is 0.400. The predicted octanol–water partition coefficient (Wildman–Crippen LogP) is 5.33. The molecule has 210 valence electrons. The number of carbonyl (C=O) groups excluding carboxylic acids is 3. The van der Waals surface area contributed by atoms with Crippen LogP contribution in [0.3, 0.4) is 0 Å². The van der Waals surface area contributed by atoms with Gasteiger partial charge in [0.1, 0.15) is 17.2 Å². The van der Waals surface area contributed by atoms with E-state index in [1.165, 1.54) is 11.0 Å². The van der Waals surface area contributed by atoms with E-state index in [-0.39, 0.29) is 36.0 Å². The summed E-state index contributed by atoms with van der Waals surface area (Å²) in [7, 11) is 1.86. The van der Waals surface area contributed by atoms with Crippen LogP contribution in [-0.4, -0.2) is 51.2 Å². The van der Waals surface area contributed by atoms with Gasteiger partial charge in [-0.2, -0.15) is 5.10 Å². The molecule has 1 aromatic heterocycles. The number of fused-ring (bicyclic) bond motifs is 2. The number of rotatable bonds is 5. The number of Topliss-reactive ketones (excluding diaryl/α,β-unsaturated/α-hetero) is 1. The summed E-state index contributed by atoms with van der Waals surface area (Å²) in [6.07, 6.45) is 2.26. The first-order valence-electron chi connectivity index (χ1n) is 13.3. The Balaban J connectivity index is 1.25. The zero-order valence-electron chi connectivity index (χ0n) is 23.0. The van der Waals surface area contributed by atoms with Gasteiger partial charge in [-0.25, -0.2) is 9.18 Å². The van der Waals surface area contributed by atoms with Crippen LogP contribution in [0.25, 0.3) is 0 Å². The van der Waals surface area contributed by atoms with Gasteiger partial charge in [0, 0.05) is 60.5 Å². The highest BCUT2D eigenvalue weighted by Gasteiger charge is 2.37. The third kappa shape index (κ3) is 5.75. The van der Waals surface area contributed by atoms with Crippen LogP contribution in [0.4, 0.5) is 14.9 Å². The number of hydrogen-bond acceptors (Lipinski definition) is 5. The SMILES string of the molecule is Cn1ncc2c1Cc1cc(Cl)ccc1N(C(=O)c1ccc(CCC(=O)C3CN(C(=O)OC(C)(C)C)C3)c(F)c1)C2. The molecule has 5 rings (SSSR count). The molecule has 2 amide bonds. The summed E-state index contributed by atoms with van der Waals surface area (Å²) in [5, 5.41) is 4.91. The minimum absolute atomic E-state index is 0.0218. The molecule has 0 N–H and O–H groups in total. The average molecular weight is 567 g/mol. The Morgan fingerprint density at radius 1 is 1.10 bits per heavy atom. The largest absolute Gasteiger partial charge is 0.444 e. The van der Waals surface area contributed by atoms with E-state index in [4.69, 9.17) is 16.3 Å². The normalized spacial score (nSPS) is 15.2. The molecule has 3 aromatic rings. The number of ketones is 1. The minimum Gasteiger partial charge on any atom is -0.444 e. The van der Waals surface area contributed by atoms with Gasteiger partial charge < -0.3 is 14.5 Å². The maximum absolute atomic E-state index is 15.1. The van der Waals surface area contributed by atoms with E-state index >= 15 is 4.39 Å². The van der Waals surface area contributed by atoms with Gasteiger partial charge in [-0.3, -0.25) is 14.3 Å². The number of amides is 2. The van der Waals surface area contributed by atoms with E-state index in [9.17, 15) is 14.4 Å². The molecule has 0 aliphatic carbocycles. The molecule has 0 spiro atoms. The Morgan fingerprint density at radius 3 is 2.55 bits per heavy atom. The standard InChI is InChI=1S/C30H32ClFN4O4/c1-30(2,3)40-29(39)35-15-22(16-35)27(37)10-7-18-5-6-19(12-24(18)32)28(38)36-17-21-14-33-34(4)26(21)13-20-11-23(31)8-9-25(20)36/h5-6,8-9,11-12,14,22H,7,10,13,15-17H2,1-4H3. The topological polar surface area (TPSA) is 84.7 Å². The van der Waals surface area contributed by atoms with E-state index in [2.05, 4.69) is 5.10 Å². The van der Waals surface area contributed by atoms with Gasteiger partial charge in [0.2, 0.25) is 0 Å². The van der Waals surface area contributed by atoms with E-state index in [1.54, 1.807) is 54.7 Å². The number of likely N-dealkylation sites (tertiary alicyclic amines) is 1. The maximum Gasteiger partial charge on any atom is 0.410 e. The highest BCUT2D eigenvalue weighted by atomic mass is 35.5. The molecule has 0 saturated carbocycles. The third-order valence-electron chi connectivity index (χ3n) is 7.34. The molecule has 0 unspecified atom stereocenters. The van der Waals surface area contributed by atoms with Crippen molar-refractivity contribution in [2.75, 3.05) is 18.0 Å². The molecule has 0 radical (unpaired) electrons.